The number of anilines is 1. The molecule has 0 radical (unpaired) electrons. The van der Waals surface area contributed by atoms with Crippen molar-refractivity contribution >= 4 is 27.4 Å². The molecule has 0 saturated carbocycles. The third-order valence-corrected chi connectivity index (χ3v) is 6.01. The standard InChI is InChI=1S/C19H20N4OS/c1-2-4-14(5-3-1)10-22-7-8-24-17-12-23(11-16(17)22)18-15-6-9-25-19(15)21-13-20-18/h1-6,9,13,16-17H,7-8,10-12H2. The Kier molecular flexibility index (Phi) is 3.88. The van der Waals surface area contributed by atoms with Crippen molar-refractivity contribution in [3.8, 4) is 0 Å². The number of thiophene rings is 1. The van der Waals surface area contributed by atoms with Crippen molar-refractivity contribution in [1.82, 2.24) is 14.9 Å². The molecule has 0 amide bonds. The Bertz CT molecular complexity index is 868. The smallest absolute Gasteiger partial charge is 0.140 e. The second kappa shape index (κ2) is 6.37. The maximum absolute atomic E-state index is 6.09. The van der Waals surface area contributed by atoms with Gasteiger partial charge in [-0.15, -0.1) is 11.3 Å². The fourth-order valence-corrected chi connectivity index (χ4v) is 4.70. The normalized spacial score (nSPS) is 23.9. The van der Waals surface area contributed by atoms with Gasteiger partial charge in [0.2, 0.25) is 0 Å². The molecule has 5 nitrogen and oxygen atoms in total. The monoisotopic (exact) mass is 352 g/mol. The lowest BCUT2D eigenvalue weighted by Crippen LogP contribution is -2.50. The summed E-state index contributed by atoms with van der Waals surface area (Å²) >= 11 is 1.67. The molecule has 0 spiro atoms. The first kappa shape index (κ1) is 15.3. The summed E-state index contributed by atoms with van der Waals surface area (Å²) in [7, 11) is 0. The predicted octanol–water partition coefficient (Wildman–Crippen LogP) is 2.78. The van der Waals surface area contributed by atoms with Gasteiger partial charge in [-0.25, -0.2) is 9.97 Å². The third-order valence-electron chi connectivity index (χ3n) is 5.19. The van der Waals surface area contributed by atoms with Gasteiger partial charge < -0.3 is 9.64 Å². The van der Waals surface area contributed by atoms with Crippen molar-refractivity contribution in [1.29, 1.82) is 0 Å². The Morgan fingerprint density at radius 1 is 1.12 bits per heavy atom. The number of fused-ring (bicyclic) bond motifs is 2. The van der Waals surface area contributed by atoms with Crippen molar-refractivity contribution < 1.29 is 4.74 Å². The maximum Gasteiger partial charge on any atom is 0.140 e. The van der Waals surface area contributed by atoms with Gasteiger partial charge in [-0.3, -0.25) is 4.90 Å². The van der Waals surface area contributed by atoms with Crippen molar-refractivity contribution in [2.24, 2.45) is 0 Å². The molecule has 2 saturated heterocycles. The van der Waals surface area contributed by atoms with E-state index in [1.165, 1.54) is 5.56 Å². The van der Waals surface area contributed by atoms with E-state index in [0.29, 0.717) is 6.04 Å². The molecule has 4 heterocycles. The fourth-order valence-electron chi connectivity index (χ4n) is 3.97. The second-order valence-corrected chi connectivity index (χ2v) is 7.57. The Morgan fingerprint density at radius 2 is 2.04 bits per heavy atom. The van der Waals surface area contributed by atoms with Crippen LogP contribution in [0.2, 0.25) is 0 Å². The van der Waals surface area contributed by atoms with Crippen LogP contribution >= 0.6 is 11.3 Å². The molecule has 6 heteroatoms. The van der Waals surface area contributed by atoms with Gasteiger partial charge in [-0.05, 0) is 17.0 Å². The second-order valence-electron chi connectivity index (χ2n) is 6.67. The molecule has 5 rings (SSSR count). The molecule has 0 N–H and O–H groups in total. The summed E-state index contributed by atoms with van der Waals surface area (Å²) in [6.07, 6.45) is 1.93. The first-order valence-electron chi connectivity index (χ1n) is 8.71. The lowest BCUT2D eigenvalue weighted by Gasteiger charge is -2.36. The first-order valence-corrected chi connectivity index (χ1v) is 9.59. The molecule has 1 aromatic carbocycles. The van der Waals surface area contributed by atoms with E-state index in [0.717, 1.165) is 48.8 Å². The van der Waals surface area contributed by atoms with Crippen LogP contribution in [0, 0.1) is 0 Å². The van der Waals surface area contributed by atoms with Crippen LogP contribution in [0.15, 0.2) is 48.1 Å². The highest BCUT2D eigenvalue weighted by molar-refractivity contribution is 7.16. The van der Waals surface area contributed by atoms with Gasteiger partial charge in [0.1, 0.15) is 17.0 Å². The van der Waals surface area contributed by atoms with Crippen LogP contribution in [0.25, 0.3) is 10.2 Å². The van der Waals surface area contributed by atoms with E-state index < -0.39 is 0 Å². The molecular weight excluding hydrogens is 332 g/mol. The molecule has 2 atom stereocenters. The first-order chi connectivity index (χ1) is 12.4. The molecule has 2 aromatic heterocycles. The fraction of sp³-hybridized carbons (Fsp3) is 0.368. The summed E-state index contributed by atoms with van der Waals surface area (Å²) in [6.45, 7) is 4.63. The summed E-state index contributed by atoms with van der Waals surface area (Å²) in [5, 5.41) is 3.24. The molecule has 128 valence electrons. The summed E-state index contributed by atoms with van der Waals surface area (Å²) < 4.78 is 6.09. The Labute approximate surface area is 150 Å². The number of morpholine rings is 1. The van der Waals surface area contributed by atoms with Crippen molar-refractivity contribution in [2.75, 3.05) is 31.1 Å². The molecule has 0 bridgehead atoms. The van der Waals surface area contributed by atoms with E-state index in [2.05, 4.69) is 61.5 Å². The van der Waals surface area contributed by atoms with Gasteiger partial charge in [0.05, 0.1) is 24.1 Å². The van der Waals surface area contributed by atoms with Crippen LogP contribution in [-0.4, -0.2) is 53.3 Å². The molecule has 2 unspecified atom stereocenters. The van der Waals surface area contributed by atoms with Crippen LogP contribution in [0.4, 0.5) is 5.82 Å². The van der Waals surface area contributed by atoms with Gasteiger partial charge >= 0.3 is 0 Å². The Hall–Kier alpha value is -2.02. The van der Waals surface area contributed by atoms with E-state index >= 15 is 0 Å². The number of rotatable bonds is 3. The summed E-state index contributed by atoms with van der Waals surface area (Å²) in [5.41, 5.74) is 1.36. The SMILES string of the molecule is c1ccc(CN2CCOC3CN(c4ncnc5sccc45)CC32)cc1. The number of benzene rings is 1. The Balaban J connectivity index is 1.39. The maximum atomic E-state index is 6.09. The highest BCUT2D eigenvalue weighted by atomic mass is 32.1. The van der Waals surface area contributed by atoms with Gasteiger partial charge in [-0.2, -0.15) is 0 Å². The average molecular weight is 352 g/mol. The van der Waals surface area contributed by atoms with E-state index in [9.17, 15) is 0 Å². The van der Waals surface area contributed by atoms with Crippen LogP contribution in [0.3, 0.4) is 0 Å². The van der Waals surface area contributed by atoms with Crippen LogP contribution < -0.4 is 4.90 Å². The number of ether oxygens (including phenoxy) is 1. The van der Waals surface area contributed by atoms with Crippen LogP contribution in [0.1, 0.15) is 5.56 Å². The lowest BCUT2D eigenvalue weighted by molar-refractivity contribution is -0.0499. The molecule has 2 aliphatic rings. The molecule has 3 aromatic rings. The minimum atomic E-state index is 0.251. The minimum absolute atomic E-state index is 0.251. The zero-order valence-corrected chi connectivity index (χ0v) is 14.7. The lowest BCUT2D eigenvalue weighted by atomic mass is 10.1. The topological polar surface area (TPSA) is 41.5 Å². The van der Waals surface area contributed by atoms with Crippen molar-refractivity contribution in [3.05, 3.63) is 53.7 Å². The average Bonchev–Trinajstić information content (AvgIpc) is 3.29. The van der Waals surface area contributed by atoms with Crippen molar-refractivity contribution in [3.63, 3.8) is 0 Å². The van der Waals surface area contributed by atoms with Gasteiger partial charge in [0, 0.05) is 26.2 Å². The summed E-state index contributed by atoms with van der Waals surface area (Å²) in [5.74, 6) is 1.05. The highest BCUT2D eigenvalue weighted by Crippen LogP contribution is 2.32. The van der Waals surface area contributed by atoms with Crippen molar-refractivity contribution in [2.45, 2.75) is 18.7 Å². The third kappa shape index (κ3) is 2.80. The largest absolute Gasteiger partial charge is 0.373 e. The van der Waals surface area contributed by atoms with Crippen LogP contribution in [0.5, 0.6) is 0 Å². The molecule has 2 aliphatic heterocycles. The minimum Gasteiger partial charge on any atom is -0.373 e. The quantitative estimate of drug-likeness (QED) is 0.725. The zero-order chi connectivity index (χ0) is 16.6. The summed E-state index contributed by atoms with van der Waals surface area (Å²) in [4.78, 5) is 14.9. The number of nitrogens with zero attached hydrogens (tertiary/aromatic N) is 4. The molecule has 25 heavy (non-hydrogen) atoms. The Morgan fingerprint density at radius 3 is 2.96 bits per heavy atom. The van der Waals surface area contributed by atoms with Crippen LogP contribution in [-0.2, 0) is 11.3 Å². The highest BCUT2D eigenvalue weighted by Gasteiger charge is 2.40. The molecule has 0 aliphatic carbocycles. The summed E-state index contributed by atoms with van der Waals surface area (Å²) in [6, 6.07) is 13.2. The van der Waals surface area contributed by atoms with E-state index in [4.69, 9.17) is 4.74 Å². The van der Waals surface area contributed by atoms with E-state index in [1.54, 1.807) is 17.7 Å². The van der Waals surface area contributed by atoms with Gasteiger partial charge in [-0.1, -0.05) is 30.3 Å². The van der Waals surface area contributed by atoms with E-state index in [1.807, 2.05) is 0 Å². The van der Waals surface area contributed by atoms with Gasteiger partial charge in [0.25, 0.3) is 0 Å². The number of hydrogen-bond acceptors (Lipinski definition) is 6. The van der Waals surface area contributed by atoms with Gasteiger partial charge in [0.15, 0.2) is 0 Å². The number of aromatic nitrogens is 2. The zero-order valence-electron chi connectivity index (χ0n) is 13.9. The van der Waals surface area contributed by atoms with E-state index in [-0.39, 0.29) is 6.10 Å². The predicted molar refractivity (Wildman–Crippen MR) is 100 cm³/mol. The number of hydrogen-bond donors (Lipinski definition) is 0. The molecular formula is C19H20N4OS. The molecule has 2 fully saturated rings.